The lowest BCUT2D eigenvalue weighted by atomic mass is 10.2. The van der Waals surface area contributed by atoms with Gasteiger partial charge in [-0.05, 0) is 62.4 Å². The number of amides is 1. The quantitative estimate of drug-likeness (QED) is 0.559. The Morgan fingerprint density at radius 1 is 0.857 bits per heavy atom. The molecule has 0 spiro atoms. The van der Waals surface area contributed by atoms with Gasteiger partial charge in [-0.2, -0.15) is 0 Å². The van der Waals surface area contributed by atoms with E-state index in [1.807, 2.05) is 92.7 Å². The molecule has 5 heteroatoms. The Kier molecular flexibility index (Phi) is 6.52. The highest BCUT2D eigenvalue weighted by molar-refractivity contribution is 5.94. The number of carbonyl (C=O) groups excluding carboxylic acids is 1. The Labute approximate surface area is 165 Å². The van der Waals surface area contributed by atoms with E-state index in [0.717, 1.165) is 22.9 Å². The molecule has 0 aromatic heterocycles. The molecule has 0 heterocycles. The molecule has 0 radical (unpaired) electrons. The van der Waals surface area contributed by atoms with Crippen molar-refractivity contribution < 1.29 is 14.3 Å². The number of hydrogen-bond donors (Lipinski definition) is 2. The zero-order valence-corrected chi connectivity index (χ0v) is 16.0. The summed E-state index contributed by atoms with van der Waals surface area (Å²) in [4.78, 5) is 12.3. The van der Waals surface area contributed by atoms with Gasteiger partial charge in [0.15, 0.2) is 5.75 Å². The normalized spacial score (nSPS) is 10.4. The first-order valence-corrected chi connectivity index (χ1v) is 9.22. The second-order valence-electron chi connectivity index (χ2n) is 6.50. The predicted molar refractivity (Wildman–Crippen MR) is 112 cm³/mol. The first-order chi connectivity index (χ1) is 13.6. The molecule has 2 N–H and O–H groups in total. The summed E-state index contributed by atoms with van der Waals surface area (Å²) < 4.78 is 11.5. The van der Waals surface area contributed by atoms with Gasteiger partial charge in [0.05, 0.1) is 18.3 Å². The lowest BCUT2D eigenvalue weighted by molar-refractivity contribution is -0.114. The second kappa shape index (κ2) is 9.46. The molecule has 5 nitrogen and oxygen atoms in total. The zero-order valence-electron chi connectivity index (χ0n) is 16.0. The number of ether oxygens (including phenoxy) is 2. The molecular formula is C23H24N2O3. The van der Waals surface area contributed by atoms with Crippen molar-refractivity contribution in [3.8, 4) is 17.2 Å². The summed E-state index contributed by atoms with van der Waals surface area (Å²) >= 11 is 0. The van der Waals surface area contributed by atoms with Crippen molar-refractivity contribution in [3.63, 3.8) is 0 Å². The predicted octanol–water partition coefficient (Wildman–Crippen LogP) is 5.32. The van der Waals surface area contributed by atoms with E-state index >= 15 is 0 Å². The number of rotatable bonds is 8. The maximum Gasteiger partial charge on any atom is 0.243 e. The fraction of sp³-hybridized carbons (Fsp3) is 0.174. The Bertz CT molecular complexity index is 893. The van der Waals surface area contributed by atoms with E-state index in [1.165, 1.54) is 0 Å². The third kappa shape index (κ3) is 5.77. The number of para-hydroxylation sites is 3. The summed E-state index contributed by atoms with van der Waals surface area (Å²) in [5.74, 6) is 2.03. The molecule has 0 saturated carbocycles. The summed E-state index contributed by atoms with van der Waals surface area (Å²) in [5.41, 5.74) is 1.47. The highest BCUT2D eigenvalue weighted by Gasteiger charge is 2.07. The van der Waals surface area contributed by atoms with Gasteiger partial charge < -0.3 is 20.1 Å². The van der Waals surface area contributed by atoms with Crippen molar-refractivity contribution in [2.75, 3.05) is 17.2 Å². The van der Waals surface area contributed by atoms with Gasteiger partial charge in [0, 0.05) is 5.69 Å². The molecule has 0 aliphatic carbocycles. The van der Waals surface area contributed by atoms with Gasteiger partial charge in [-0.3, -0.25) is 4.79 Å². The number of anilines is 2. The summed E-state index contributed by atoms with van der Waals surface area (Å²) in [6.45, 7) is 4.07. The molecule has 0 bridgehead atoms. The van der Waals surface area contributed by atoms with Crippen LogP contribution in [0.4, 0.5) is 11.4 Å². The van der Waals surface area contributed by atoms with Crippen molar-refractivity contribution in [3.05, 3.63) is 78.9 Å². The molecule has 1 amide bonds. The van der Waals surface area contributed by atoms with E-state index in [-0.39, 0.29) is 18.6 Å². The standard InChI is InChI=1S/C23H24N2O3/c1-17(2)27-20-14-12-18(13-15-20)25-23(26)16-24-21-10-6-7-11-22(21)28-19-8-4-3-5-9-19/h3-15,17,24H,16H2,1-2H3,(H,25,26). The van der Waals surface area contributed by atoms with Crippen molar-refractivity contribution in [2.45, 2.75) is 20.0 Å². The van der Waals surface area contributed by atoms with Crippen LogP contribution in [0.3, 0.4) is 0 Å². The number of nitrogens with one attached hydrogen (secondary N) is 2. The van der Waals surface area contributed by atoms with Crippen LogP contribution in [0.15, 0.2) is 78.9 Å². The van der Waals surface area contributed by atoms with E-state index < -0.39 is 0 Å². The average molecular weight is 376 g/mol. The van der Waals surface area contributed by atoms with E-state index in [9.17, 15) is 4.79 Å². The van der Waals surface area contributed by atoms with Crippen molar-refractivity contribution in [1.29, 1.82) is 0 Å². The third-order valence-electron chi connectivity index (χ3n) is 3.81. The van der Waals surface area contributed by atoms with Crippen LogP contribution in [-0.4, -0.2) is 18.6 Å². The van der Waals surface area contributed by atoms with E-state index in [1.54, 1.807) is 0 Å². The van der Waals surface area contributed by atoms with Gasteiger partial charge >= 0.3 is 0 Å². The molecule has 0 fully saturated rings. The Morgan fingerprint density at radius 3 is 2.25 bits per heavy atom. The van der Waals surface area contributed by atoms with Crippen LogP contribution in [0.25, 0.3) is 0 Å². The summed E-state index contributed by atoms with van der Waals surface area (Å²) in [6.07, 6.45) is 0.114. The van der Waals surface area contributed by atoms with Crippen LogP contribution in [0.1, 0.15) is 13.8 Å². The van der Waals surface area contributed by atoms with Crippen molar-refractivity contribution >= 4 is 17.3 Å². The van der Waals surface area contributed by atoms with E-state index in [0.29, 0.717) is 5.75 Å². The van der Waals surface area contributed by atoms with Crippen LogP contribution < -0.4 is 20.1 Å². The molecule has 0 aliphatic rings. The zero-order chi connectivity index (χ0) is 19.8. The summed E-state index contributed by atoms with van der Waals surface area (Å²) in [7, 11) is 0. The molecule has 0 aliphatic heterocycles. The lowest BCUT2D eigenvalue weighted by Crippen LogP contribution is -2.21. The molecule has 28 heavy (non-hydrogen) atoms. The smallest absolute Gasteiger partial charge is 0.243 e. The molecular weight excluding hydrogens is 352 g/mol. The Balaban J connectivity index is 1.56. The van der Waals surface area contributed by atoms with Crippen LogP contribution >= 0.6 is 0 Å². The van der Waals surface area contributed by atoms with E-state index in [2.05, 4.69) is 10.6 Å². The summed E-state index contributed by atoms with van der Waals surface area (Å²) in [5, 5.41) is 5.99. The van der Waals surface area contributed by atoms with Gasteiger partial charge in [0.25, 0.3) is 0 Å². The van der Waals surface area contributed by atoms with Gasteiger partial charge in [-0.15, -0.1) is 0 Å². The third-order valence-corrected chi connectivity index (χ3v) is 3.81. The molecule has 144 valence electrons. The van der Waals surface area contributed by atoms with Gasteiger partial charge in [-0.25, -0.2) is 0 Å². The first kappa shape index (κ1) is 19.3. The van der Waals surface area contributed by atoms with Crippen molar-refractivity contribution in [2.24, 2.45) is 0 Å². The fourth-order valence-corrected chi connectivity index (χ4v) is 2.59. The number of benzene rings is 3. The van der Waals surface area contributed by atoms with Gasteiger partial charge in [0.2, 0.25) is 5.91 Å². The number of carbonyl (C=O) groups is 1. The molecule has 3 rings (SSSR count). The SMILES string of the molecule is CC(C)Oc1ccc(NC(=O)CNc2ccccc2Oc2ccccc2)cc1. The maximum absolute atomic E-state index is 12.3. The summed E-state index contributed by atoms with van der Waals surface area (Å²) in [6, 6.07) is 24.4. The maximum atomic E-state index is 12.3. The first-order valence-electron chi connectivity index (χ1n) is 9.22. The van der Waals surface area contributed by atoms with Crippen LogP contribution in [0.5, 0.6) is 17.2 Å². The average Bonchev–Trinajstić information content (AvgIpc) is 2.69. The van der Waals surface area contributed by atoms with E-state index in [4.69, 9.17) is 9.47 Å². The van der Waals surface area contributed by atoms with Crippen LogP contribution in [0, 0.1) is 0 Å². The minimum atomic E-state index is -0.146. The minimum absolute atomic E-state index is 0.114. The topological polar surface area (TPSA) is 59.6 Å². The molecule has 3 aromatic rings. The monoisotopic (exact) mass is 376 g/mol. The molecule has 3 aromatic carbocycles. The minimum Gasteiger partial charge on any atom is -0.491 e. The molecule has 0 unspecified atom stereocenters. The van der Waals surface area contributed by atoms with Gasteiger partial charge in [-0.1, -0.05) is 30.3 Å². The Hall–Kier alpha value is -3.47. The van der Waals surface area contributed by atoms with Crippen molar-refractivity contribution in [1.82, 2.24) is 0 Å². The fourth-order valence-electron chi connectivity index (χ4n) is 2.59. The largest absolute Gasteiger partial charge is 0.491 e. The number of hydrogen-bond acceptors (Lipinski definition) is 4. The molecule has 0 atom stereocenters. The lowest BCUT2D eigenvalue weighted by Gasteiger charge is -2.13. The van der Waals surface area contributed by atoms with Crippen LogP contribution in [-0.2, 0) is 4.79 Å². The Morgan fingerprint density at radius 2 is 1.54 bits per heavy atom. The molecule has 0 saturated heterocycles. The highest BCUT2D eigenvalue weighted by atomic mass is 16.5. The highest BCUT2D eigenvalue weighted by Crippen LogP contribution is 2.28. The van der Waals surface area contributed by atoms with Gasteiger partial charge in [0.1, 0.15) is 11.5 Å². The van der Waals surface area contributed by atoms with Crippen LogP contribution in [0.2, 0.25) is 0 Å². The second-order valence-corrected chi connectivity index (χ2v) is 6.50.